The van der Waals surface area contributed by atoms with E-state index >= 15 is 0 Å². The number of benzene rings is 9. The summed E-state index contributed by atoms with van der Waals surface area (Å²) in [6, 6.07) is 50.9. The van der Waals surface area contributed by atoms with E-state index in [1.54, 1.807) is 73.2 Å². The number of fused-ring (bicyclic) bond motifs is 18. The van der Waals surface area contributed by atoms with Gasteiger partial charge in [0.25, 0.3) is 0 Å². The van der Waals surface area contributed by atoms with E-state index in [1.807, 2.05) is 91.0 Å². The standard InChI is InChI=1S/3C34H28F2N4O2/c3*1-17-18-6-8-19(9-7-18)31(17)39-30-15-27(38-34(40-30)25-16-37-32-24(25)13-21(35)14-26(32)36)20-10-11-23-29(12-20)42-28-5-3-2-4-22(28)33(23)41/h3*2-5,10-19,31,37H,6-9H2,1H3,(H,38,39,40)/t2*17-,18?,19?,31+;/m10./s1. The summed E-state index contributed by atoms with van der Waals surface area (Å²) >= 11 is 0. The largest absolute Gasteiger partial charge is 0.456 e. The van der Waals surface area contributed by atoms with Crippen molar-refractivity contribution in [3.05, 3.63) is 266 Å². The Bertz CT molecular complexity index is 6930. The summed E-state index contributed by atoms with van der Waals surface area (Å²) in [5.74, 6) is 4.36. The van der Waals surface area contributed by atoms with Crippen LogP contribution in [0.25, 0.3) is 166 Å². The summed E-state index contributed by atoms with van der Waals surface area (Å²) in [6.45, 7) is 6.95. The Kier molecular flexibility index (Phi) is 19.4. The number of para-hydroxylation sites is 3. The first-order chi connectivity index (χ1) is 61.3. The van der Waals surface area contributed by atoms with Crippen molar-refractivity contribution in [3.63, 3.8) is 0 Å². The Morgan fingerprint density at radius 3 is 0.833 bits per heavy atom. The van der Waals surface area contributed by atoms with Gasteiger partial charge >= 0.3 is 0 Å². The Hall–Kier alpha value is -13.8. The van der Waals surface area contributed by atoms with Crippen LogP contribution in [0.4, 0.5) is 43.8 Å². The van der Waals surface area contributed by atoms with Crippen LogP contribution in [0.15, 0.2) is 228 Å². The van der Waals surface area contributed by atoms with E-state index in [-0.39, 0.29) is 51.0 Å². The predicted molar refractivity (Wildman–Crippen MR) is 481 cm³/mol. The van der Waals surface area contributed by atoms with E-state index in [2.05, 4.69) is 51.7 Å². The van der Waals surface area contributed by atoms with Gasteiger partial charge in [0.1, 0.15) is 85.9 Å². The molecular formula is C102H84F6N12O6. The zero-order valence-corrected chi connectivity index (χ0v) is 68.9. The summed E-state index contributed by atoms with van der Waals surface area (Å²) in [7, 11) is 0. The van der Waals surface area contributed by atoms with Gasteiger partial charge in [0.05, 0.1) is 65.9 Å². The number of hydrogen-bond donors (Lipinski definition) is 6. The Balaban J connectivity index is 0.000000112. The minimum absolute atomic E-state index is 0.0895. The molecule has 9 fully saturated rings. The average Bonchev–Trinajstić information content (AvgIpc) is 1.00. The first-order valence-electron chi connectivity index (χ1n) is 43.5. The highest BCUT2D eigenvalue weighted by Gasteiger charge is 2.44. The van der Waals surface area contributed by atoms with Crippen molar-refractivity contribution in [1.29, 1.82) is 0 Å². The number of rotatable bonds is 12. The van der Waals surface area contributed by atoms with E-state index in [0.29, 0.717) is 204 Å². The van der Waals surface area contributed by atoms with E-state index in [4.69, 9.17) is 43.2 Å². The van der Waals surface area contributed by atoms with Gasteiger partial charge in [-0.15, -0.1) is 0 Å². The van der Waals surface area contributed by atoms with Gasteiger partial charge in [0, 0.05) is 123 Å². The van der Waals surface area contributed by atoms with Crippen molar-refractivity contribution in [2.75, 3.05) is 16.0 Å². The zero-order valence-electron chi connectivity index (χ0n) is 68.9. The first kappa shape index (κ1) is 78.2. The lowest BCUT2D eigenvalue weighted by molar-refractivity contribution is 0.0928. The number of aromatic amines is 3. The van der Waals surface area contributed by atoms with Gasteiger partial charge in [-0.05, 0) is 221 Å². The predicted octanol–water partition coefficient (Wildman–Crippen LogP) is 24.2. The maximum Gasteiger partial charge on any atom is 0.200 e. The second kappa shape index (κ2) is 31.2. The fourth-order valence-electron chi connectivity index (χ4n) is 21.8. The van der Waals surface area contributed by atoms with Gasteiger partial charge in [-0.3, -0.25) is 14.4 Å². The van der Waals surface area contributed by atoms with Gasteiger partial charge in [0.2, 0.25) is 16.3 Å². The van der Waals surface area contributed by atoms with Crippen LogP contribution in [0.5, 0.6) is 0 Å². The monoisotopic (exact) mass is 1690 g/mol. The fraction of sp³-hybridized carbons (Fsp3) is 0.265. The zero-order chi connectivity index (χ0) is 85.6. The molecule has 6 N–H and O–H groups in total. The molecule has 9 heterocycles. The maximum absolute atomic E-state index is 14.6. The number of nitrogens with zero attached hydrogens (tertiary/aromatic N) is 6. The second-order valence-corrected chi connectivity index (χ2v) is 35.5. The molecule has 126 heavy (non-hydrogen) atoms. The molecule has 18 nitrogen and oxygen atoms in total. The van der Waals surface area contributed by atoms with E-state index in [1.165, 1.54) is 95.2 Å². The minimum atomic E-state index is -0.672. The van der Waals surface area contributed by atoms with Crippen molar-refractivity contribution in [2.45, 2.75) is 116 Å². The van der Waals surface area contributed by atoms with Crippen LogP contribution in [-0.2, 0) is 0 Å². The van der Waals surface area contributed by atoms with Crippen molar-refractivity contribution in [2.24, 2.45) is 53.3 Å². The molecule has 6 atom stereocenters. The summed E-state index contributed by atoms with van der Waals surface area (Å²) in [4.78, 5) is 77.4. The Morgan fingerprint density at radius 2 is 0.556 bits per heavy atom. The number of halogens is 6. The van der Waals surface area contributed by atoms with Crippen molar-refractivity contribution in [3.8, 4) is 67.9 Å². The van der Waals surface area contributed by atoms with Gasteiger partial charge in [-0.2, -0.15) is 0 Å². The summed E-state index contributed by atoms with van der Waals surface area (Å²) in [5, 5.41) is 15.4. The third-order valence-corrected chi connectivity index (χ3v) is 28.5. The number of hydrogen-bond acceptors (Lipinski definition) is 15. The molecular weight excluding hydrogens is 1600 g/mol. The number of anilines is 3. The fourth-order valence-corrected chi connectivity index (χ4v) is 21.8. The molecule has 0 spiro atoms. The van der Waals surface area contributed by atoms with Crippen LogP contribution in [-0.4, -0.2) is 63.0 Å². The quantitative estimate of drug-likeness (QED) is 0.0491. The summed E-state index contributed by atoms with van der Waals surface area (Å²) in [6.07, 6.45) is 19.7. The average molecular weight is 1690 g/mol. The highest BCUT2D eigenvalue weighted by Crippen LogP contribution is 2.50. The van der Waals surface area contributed by atoms with Crippen LogP contribution in [0.3, 0.4) is 0 Å². The molecule has 630 valence electrons. The van der Waals surface area contributed by atoms with Crippen LogP contribution < -0.4 is 32.2 Å². The maximum atomic E-state index is 14.6. The summed E-state index contributed by atoms with van der Waals surface area (Å²) < 4.78 is 105. The molecule has 2 unspecified atom stereocenters. The minimum Gasteiger partial charge on any atom is -0.456 e. The molecule has 0 radical (unpaired) electrons. The number of nitrogens with one attached hydrogen (secondary N) is 6. The second-order valence-electron chi connectivity index (χ2n) is 35.5. The van der Waals surface area contributed by atoms with Crippen molar-refractivity contribution < 1.29 is 39.6 Å². The molecule has 9 aromatic heterocycles. The SMILES string of the molecule is CC1C2CCC(CC2)C1Nc1cc(-c2ccc3c(=O)c4ccccc4oc3c2)nc(-c2c[nH]c3c(F)cc(F)cc23)n1.C[C@@H]1C2CCC(CC2)[C@H]1Nc1cc(-c2ccc3c(=O)c4ccccc4oc3c2)nc(-c2c[nH]c3c(F)cc(F)cc23)n1.C[C@H]1C2CCC(CC2)[C@@H]1Nc1cc(-c2ccc3c(=O)c4ccccc4oc3c2)nc(-c2c[nH]c3c(F)cc(F)cc23)n1. The van der Waals surface area contributed by atoms with E-state index in [0.717, 1.165) is 34.9 Å². The molecule has 6 bridgehead atoms. The third-order valence-electron chi connectivity index (χ3n) is 28.5. The lowest BCUT2D eigenvalue weighted by Crippen LogP contribution is -2.47. The molecule has 0 amide bonds. The molecule has 18 aromatic rings. The Labute approximate surface area is 715 Å². The molecule has 9 aliphatic rings. The van der Waals surface area contributed by atoms with E-state index < -0.39 is 34.9 Å². The molecule has 9 aliphatic carbocycles. The lowest BCUT2D eigenvalue weighted by Gasteiger charge is -2.47. The number of H-pyrrole nitrogens is 3. The smallest absolute Gasteiger partial charge is 0.200 e. The van der Waals surface area contributed by atoms with E-state index in [9.17, 15) is 40.7 Å². The van der Waals surface area contributed by atoms with Crippen LogP contribution in [0.1, 0.15) is 97.8 Å². The highest BCUT2D eigenvalue weighted by molar-refractivity contribution is 5.99. The first-order valence-corrected chi connectivity index (χ1v) is 43.5. The van der Waals surface area contributed by atoms with Gasteiger partial charge in [0.15, 0.2) is 17.5 Å². The molecule has 0 aliphatic heterocycles. The molecule has 0 saturated heterocycles. The molecule has 27 rings (SSSR count). The highest BCUT2D eigenvalue weighted by atomic mass is 19.2. The molecule has 24 heteroatoms. The van der Waals surface area contributed by atoms with Gasteiger partial charge < -0.3 is 44.2 Å². The molecule has 9 aromatic carbocycles. The Morgan fingerprint density at radius 1 is 0.294 bits per heavy atom. The van der Waals surface area contributed by atoms with Crippen molar-refractivity contribution in [1.82, 2.24) is 44.9 Å². The van der Waals surface area contributed by atoms with Crippen LogP contribution >= 0.6 is 0 Å². The van der Waals surface area contributed by atoms with Gasteiger partial charge in [-0.1, -0.05) is 75.4 Å². The number of aromatic nitrogens is 9. The van der Waals surface area contributed by atoms with Crippen LogP contribution in [0, 0.1) is 88.2 Å². The lowest BCUT2D eigenvalue weighted by atomic mass is 9.62. The normalized spacial score (nSPS) is 21.9. The van der Waals surface area contributed by atoms with Gasteiger partial charge in [-0.25, -0.2) is 56.2 Å². The topological polar surface area (TPSA) is 251 Å². The van der Waals surface area contributed by atoms with Crippen LogP contribution in [0.2, 0.25) is 0 Å². The molecule has 9 saturated carbocycles. The van der Waals surface area contributed by atoms with Crippen molar-refractivity contribution >= 4 is 116 Å². The summed E-state index contributed by atoms with van der Waals surface area (Å²) in [5.41, 5.74) is 8.82. The third kappa shape index (κ3) is 13.9.